The molecule has 0 fully saturated rings. The lowest BCUT2D eigenvalue weighted by Crippen LogP contribution is -2.42. The highest BCUT2D eigenvalue weighted by molar-refractivity contribution is 8.10. The van der Waals surface area contributed by atoms with Crippen molar-refractivity contribution in [2.75, 3.05) is 21.8 Å². The van der Waals surface area contributed by atoms with Crippen LogP contribution in [-0.2, 0) is 20.0 Å². The topological polar surface area (TPSA) is 144 Å². The van der Waals surface area contributed by atoms with Gasteiger partial charge in [-0.05, 0) is 50.8 Å². The predicted octanol–water partition coefficient (Wildman–Crippen LogP) is 7.90. The molecule has 1 N–H and O–H groups in total. The number of aromatic amines is 1. The van der Waals surface area contributed by atoms with Gasteiger partial charge in [-0.15, -0.1) is 5.10 Å². The van der Waals surface area contributed by atoms with Crippen LogP contribution in [0.3, 0.4) is 0 Å². The van der Waals surface area contributed by atoms with E-state index in [0.717, 1.165) is 31.0 Å². The summed E-state index contributed by atoms with van der Waals surface area (Å²) in [4.78, 5) is 20.3. The van der Waals surface area contributed by atoms with E-state index in [1.54, 1.807) is 13.8 Å². The number of aromatic nitrogens is 4. The van der Waals surface area contributed by atoms with Crippen molar-refractivity contribution in [1.29, 1.82) is 0 Å². The summed E-state index contributed by atoms with van der Waals surface area (Å²) >= 11 is 0. The lowest BCUT2D eigenvalue weighted by molar-refractivity contribution is -0.284. The minimum atomic E-state index is -6.08. The zero-order valence-corrected chi connectivity index (χ0v) is 31.1. The number of nitrogens with one attached hydrogen (secondary N) is 1. The van der Waals surface area contributed by atoms with Gasteiger partial charge in [-0.1, -0.05) is 33.6 Å². The SMILES string of the molecule is CCCCC(C)c1nc(C)c2c(=O)[nH]c(-c3cc(N(S(=O)(=O)CCCC(F)(F)C(F)(F)F)S(=O)(=O)CCCC(F)(F)C(F)(F)F)ccc3OCCC)nn12. The number of unbranched alkanes of at least 4 members (excludes halogenated alkanes) is 1. The molecule has 1 aromatic carbocycles. The second-order valence-electron chi connectivity index (χ2n) is 12.6. The molecule has 0 saturated heterocycles. The van der Waals surface area contributed by atoms with E-state index in [1.165, 1.54) is 4.52 Å². The number of hydrogen-bond acceptors (Lipinski definition) is 8. The van der Waals surface area contributed by atoms with Crippen LogP contribution in [0.15, 0.2) is 23.0 Å². The minimum Gasteiger partial charge on any atom is -0.493 e. The molecular weight excluding hydrogens is 792 g/mol. The molecule has 0 aliphatic carbocycles. The van der Waals surface area contributed by atoms with Gasteiger partial charge in [-0.2, -0.15) is 47.6 Å². The Morgan fingerprint density at radius 3 is 1.87 bits per heavy atom. The number of fused-ring (bicyclic) bond motifs is 1. The Bertz CT molecular complexity index is 1990. The molecule has 0 amide bonds. The van der Waals surface area contributed by atoms with Crippen LogP contribution in [0, 0.1) is 6.92 Å². The number of benzene rings is 1. The largest absolute Gasteiger partial charge is 0.493 e. The number of hydrogen-bond donors (Lipinski definition) is 1. The lowest BCUT2D eigenvalue weighted by atomic mass is 10.0. The maximum absolute atomic E-state index is 13.6. The summed E-state index contributed by atoms with van der Waals surface area (Å²) < 4.78 is 192. The van der Waals surface area contributed by atoms with Crippen molar-refractivity contribution in [2.45, 2.75) is 109 Å². The summed E-state index contributed by atoms with van der Waals surface area (Å²) in [6.07, 6.45) is -16.6. The Hall–Kier alpha value is -3.63. The Labute approximate surface area is 304 Å². The molecule has 0 aliphatic rings. The van der Waals surface area contributed by atoms with Crippen molar-refractivity contribution in [2.24, 2.45) is 0 Å². The summed E-state index contributed by atoms with van der Waals surface area (Å²) in [6.45, 7) is 7.09. The fourth-order valence-electron chi connectivity index (χ4n) is 5.32. The van der Waals surface area contributed by atoms with Crippen LogP contribution in [0.25, 0.3) is 16.9 Å². The second-order valence-corrected chi connectivity index (χ2v) is 16.7. The molecule has 306 valence electrons. The molecule has 0 radical (unpaired) electrons. The van der Waals surface area contributed by atoms with E-state index in [1.807, 2.05) is 13.8 Å². The Morgan fingerprint density at radius 1 is 0.852 bits per heavy atom. The molecular formula is C31H39F10N5O6S2. The number of sulfonamides is 2. The molecule has 23 heteroatoms. The summed E-state index contributed by atoms with van der Waals surface area (Å²) in [6, 6.07) is 2.65. The summed E-state index contributed by atoms with van der Waals surface area (Å²) in [7, 11) is -11.0. The van der Waals surface area contributed by atoms with Gasteiger partial charge < -0.3 is 9.72 Å². The smallest absolute Gasteiger partial charge is 0.453 e. The number of halogens is 10. The molecule has 1 unspecified atom stereocenters. The Kier molecular flexibility index (Phi) is 13.8. The van der Waals surface area contributed by atoms with E-state index < -0.39 is 96.4 Å². The third-order valence-electron chi connectivity index (χ3n) is 8.14. The maximum Gasteiger partial charge on any atom is 0.453 e. The molecule has 11 nitrogen and oxygen atoms in total. The van der Waals surface area contributed by atoms with Gasteiger partial charge in [0.05, 0.1) is 35.1 Å². The molecule has 2 heterocycles. The number of alkyl halides is 10. The predicted molar refractivity (Wildman–Crippen MR) is 178 cm³/mol. The highest BCUT2D eigenvalue weighted by Crippen LogP contribution is 2.41. The summed E-state index contributed by atoms with van der Waals surface area (Å²) in [5, 5.41) is 4.47. The van der Waals surface area contributed by atoms with E-state index >= 15 is 0 Å². The fourth-order valence-corrected chi connectivity index (χ4v) is 9.38. The number of ether oxygens (including phenoxy) is 1. The molecule has 3 rings (SSSR count). The molecule has 0 saturated carbocycles. The Morgan fingerprint density at radius 2 is 1.39 bits per heavy atom. The first-order valence-corrected chi connectivity index (χ1v) is 19.8. The van der Waals surface area contributed by atoms with E-state index in [4.69, 9.17) is 4.74 Å². The molecule has 0 aliphatic heterocycles. The maximum atomic E-state index is 13.6. The number of anilines is 1. The zero-order valence-electron chi connectivity index (χ0n) is 29.4. The van der Waals surface area contributed by atoms with E-state index in [-0.39, 0.29) is 35.2 Å². The van der Waals surface area contributed by atoms with Gasteiger partial charge in [-0.3, -0.25) is 4.79 Å². The number of H-pyrrole nitrogens is 1. The quantitative estimate of drug-likeness (QED) is 0.120. The highest BCUT2D eigenvalue weighted by atomic mass is 32.3. The minimum absolute atomic E-state index is 0.0173. The van der Waals surface area contributed by atoms with Crippen LogP contribution in [-0.4, -0.2) is 78.7 Å². The normalized spacial score (nSPS) is 14.1. The van der Waals surface area contributed by atoms with Crippen LogP contribution >= 0.6 is 0 Å². The molecule has 0 spiro atoms. The zero-order chi connectivity index (χ0) is 41.1. The molecule has 54 heavy (non-hydrogen) atoms. The van der Waals surface area contributed by atoms with Gasteiger partial charge in [0.1, 0.15) is 11.6 Å². The van der Waals surface area contributed by atoms with Crippen LogP contribution in [0.5, 0.6) is 5.75 Å². The highest BCUT2D eigenvalue weighted by Gasteiger charge is 2.57. The van der Waals surface area contributed by atoms with Crippen molar-refractivity contribution < 1.29 is 65.5 Å². The van der Waals surface area contributed by atoms with Crippen molar-refractivity contribution in [3.63, 3.8) is 0 Å². The second kappa shape index (κ2) is 16.6. The average Bonchev–Trinajstić information content (AvgIpc) is 3.37. The average molecular weight is 832 g/mol. The third kappa shape index (κ3) is 10.2. The van der Waals surface area contributed by atoms with Gasteiger partial charge in [0.15, 0.2) is 11.3 Å². The molecule has 3 aromatic rings. The van der Waals surface area contributed by atoms with E-state index in [2.05, 4.69) is 15.1 Å². The van der Waals surface area contributed by atoms with Crippen LogP contribution in [0.4, 0.5) is 49.6 Å². The number of aryl methyl sites for hydroxylation is 1. The molecule has 0 bridgehead atoms. The van der Waals surface area contributed by atoms with Gasteiger partial charge in [0, 0.05) is 18.8 Å². The van der Waals surface area contributed by atoms with E-state index in [0.29, 0.717) is 24.4 Å². The van der Waals surface area contributed by atoms with Gasteiger partial charge >= 0.3 is 24.2 Å². The first-order valence-electron chi connectivity index (χ1n) is 16.6. The van der Waals surface area contributed by atoms with Crippen LogP contribution in [0.1, 0.15) is 89.6 Å². The number of imidazole rings is 1. The Balaban J connectivity index is 2.24. The fraction of sp³-hybridized carbons (Fsp3) is 0.645. The summed E-state index contributed by atoms with van der Waals surface area (Å²) in [5.41, 5.74) is -1.52. The van der Waals surface area contributed by atoms with Crippen molar-refractivity contribution in [1.82, 2.24) is 19.6 Å². The van der Waals surface area contributed by atoms with Gasteiger partial charge in [0.2, 0.25) is 20.0 Å². The van der Waals surface area contributed by atoms with Gasteiger partial charge in [-0.25, -0.2) is 26.3 Å². The van der Waals surface area contributed by atoms with Crippen LogP contribution in [0.2, 0.25) is 0 Å². The number of nitrogens with zero attached hydrogens (tertiary/aromatic N) is 4. The standard InChI is InChI=1S/C31H39F10N5O6S2/c1-5-7-10-19(3)26-42-20(4)24-27(47)43-25(44-45(24)26)22-18-21(11-12-23(22)52-15-6-2)46(53(48,49)16-8-13-28(32,33)30(36,37)38)54(50,51)17-9-14-29(34,35)31(39,40)41/h11-12,18-19H,5-10,13-17H2,1-4H3,(H,43,44,47). The van der Waals surface area contributed by atoms with Crippen molar-refractivity contribution in [3.05, 3.63) is 40.1 Å². The van der Waals surface area contributed by atoms with Crippen LogP contribution < -0.4 is 14.0 Å². The first kappa shape index (κ1) is 44.8. The monoisotopic (exact) mass is 831 g/mol. The molecule has 2 aromatic heterocycles. The van der Waals surface area contributed by atoms with E-state index in [9.17, 15) is 65.5 Å². The number of rotatable bonds is 19. The van der Waals surface area contributed by atoms with Gasteiger partial charge in [0.25, 0.3) is 5.56 Å². The summed E-state index contributed by atoms with van der Waals surface area (Å²) in [5.74, 6) is -14.4. The lowest BCUT2D eigenvalue weighted by Gasteiger charge is -2.26. The first-order chi connectivity index (χ1) is 24.7. The third-order valence-corrected chi connectivity index (χ3v) is 12.5. The molecule has 1 atom stereocenters. The van der Waals surface area contributed by atoms with Crippen molar-refractivity contribution >= 4 is 31.3 Å². The van der Waals surface area contributed by atoms with Crippen molar-refractivity contribution in [3.8, 4) is 17.1 Å².